The van der Waals surface area contributed by atoms with E-state index in [9.17, 15) is 27.9 Å². The molecule has 2 fully saturated rings. The Kier molecular flexibility index (Phi) is 6.19. The molecule has 4 aromatic rings. The van der Waals surface area contributed by atoms with Gasteiger partial charge in [0.05, 0.1) is 18.5 Å². The Hall–Kier alpha value is -4.97. The molecule has 12 heteroatoms. The maximum atomic E-state index is 14.3. The van der Waals surface area contributed by atoms with Crippen LogP contribution in [0.3, 0.4) is 0 Å². The topological polar surface area (TPSA) is 149 Å². The van der Waals surface area contributed by atoms with Crippen LogP contribution in [0.1, 0.15) is 24.1 Å². The van der Waals surface area contributed by atoms with Crippen molar-refractivity contribution in [2.75, 3.05) is 29.0 Å². The largest absolute Gasteiger partial charge is 0.465 e. The van der Waals surface area contributed by atoms with Gasteiger partial charge in [-0.25, -0.2) is 13.2 Å². The Balaban J connectivity index is 1.23. The number of likely N-dealkylation sites (tertiary alicyclic amines) is 1. The average molecular weight is 612 g/mol. The summed E-state index contributed by atoms with van der Waals surface area (Å²) in [5.41, 5.74) is 2.34. The molecule has 3 aliphatic rings. The third-order valence-electron chi connectivity index (χ3n) is 8.74. The predicted molar refractivity (Wildman–Crippen MR) is 165 cm³/mol. The molecule has 0 unspecified atom stereocenters. The van der Waals surface area contributed by atoms with Gasteiger partial charge in [-0.2, -0.15) is 0 Å². The minimum Gasteiger partial charge on any atom is -0.465 e. The molecule has 3 amide bonds. The Morgan fingerprint density at radius 1 is 0.977 bits per heavy atom. The Morgan fingerprint density at radius 2 is 1.66 bits per heavy atom. The molecule has 0 bridgehead atoms. The predicted octanol–water partition coefficient (Wildman–Crippen LogP) is 3.70. The van der Waals surface area contributed by atoms with Crippen molar-refractivity contribution in [2.24, 2.45) is 0 Å². The third kappa shape index (κ3) is 4.53. The van der Waals surface area contributed by atoms with Gasteiger partial charge >= 0.3 is 6.09 Å². The Labute approximate surface area is 253 Å². The Bertz CT molecular complexity index is 1970. The number of hydrogen-bond acceptors (Lipinski definition) is 6. The number of carbonyl (C=O) groups is 3. The van der Waals surface area contributed by atoms with E-state index in [0.29, 0.717) is 24.2 Å². The molecule has 3 heterocycles. The van der Waals surface area contributed by atoms with Gasteiger partial charge in [-0.1, -0.05) is 54.6 Å². The van der Waals surface area contributed by atoms with Gasteiger partial charge in [-0.3, -0.25) is 19.3 Å². The molecule has 2 aliphatic heterocycles. The highest BCUT2D eigenvalue weighted by Crippen LogP contribution is 2.50. The second-order valence-electron chi connectivity index (χ2n) is 11.8. The molecule has 1 aromatic heterocycles. The van der Waals surface area contributed by atoms with Crippen LogP contribution in [-0.2, 0) is 31.6 Å². The van der Waals surface area contributed by atoms with E-state index in [1.807, 2.05) is 60.7 Å². The molecule has 1 spiro atoms. The zero-order valence-electron chi connectivity index (χ0n) is 23.8. The first kappa shape index (κ1) is 27.8. The monoisotopic (exact) mass is 611 g/mol. The fourth-order valence-electron chi connectivity index (χ4n) is 6.55. The number of carboxylic acid groups (broad SMARTS) is 1. The van der Waals surface area contributed by atoms with Crippen molar-refractivity contribution in [2.45, 2.75) is 30.3 Å². The number of para-hydroxylation sites is 1. The first-order valence-corrected chi connectivity index (χ1v) is 16.1. The summed E-state index contributed by atoms with van der Waals surface area (Å²) >= 11 is 0. The molecule has 0 radical (unpaired) electrons. The number of carbonyl (C=O) groups excluding carboxylic acids is 2. The van der Waals surface area contributed by atoms with Gasteiger partial charge in [0.15, 0.2) is 0 Å². The molecule has 7 rings (SSSR count). The SMILES string of the molecule is CS(=O)(=O)Nc1ccc(-c2c(CN3C(=O)C4(CN(C(=O)C5(NC(=O)O)CC5)C4)c4ccccc43)ncc3ccccc23)cc1. The number of hydrogen-bond donors (Lipinski definition) is 3. The Morgan fingerprint density at radius 3 is 2.34 bits per heavy atom. The van der Waals surface area contributed by atoms with Crippen LogP contribution < -0.4 is 14.9 Å². The molecule has 1 aliphatic carbocycles. The first-order chi connectivity index (χ1) is 21.0. The summed E-state index contributed by atoms with van der Waals surface area (Å²) in [6, 6.07) is 22.4. The van der Waals surface area contributed by atoms with Crippen molar-refractivity contribution >= 4 is 50.1 Å². The zero-order chi connectivity index (χ0) is 30.9. The molecule has 3 N–H and O–H groups in total. The first-order valence-electron chi connectivity index (χ1n) is 14.2. The van der Waals surface area contributed by atoms with E-state index in [2.05, 4.69) is 10.0 Å². The third-order valence-corrected chi connectivity index (χ3v) is 9.35. The number of benzene rings is 3. The number of anilines is 2. The van der Waals surface area contributed by atoms with Crippen LogP contribution in [0, 0.1) is 0 Å². The smallest absolute Gasteiger partial charge is 0.405 e. The van der Waals surface area contributed by atoms with E-state index < -0.39 is 27.1 Å². The number of nitrogens with zero attached hydrogens (tertiary/aromatic N) is 3. The number of aromatic nitrogens is 1. The summed E-state index contributed by atoms with van der Waals surface area (Å²) in [7, 11) is -3.44. The van der Waals surface area contributed by atoms with Crippen molar-refractivity contribution < 1.29 is 27.9 Å². The minimum absolute atomic E-state index is 0.132. The minimum atomic E-state index is -3.44. The van der Waals surface area contributed by atoms with Crippen molar-refractivity contribution in [1.29, 1.82) is 0 Å². The fourth-order valence-corrected chi connectivity index (χ4v) is 7.11. The molecule has 3 aromatic carbocycles. The molecule has 0 atom stereocenters. The summed E-state index contributed by atoms with van der Waals surface area (Å²) in [5, 5.41) is 13.4. The maximum Gasteiger partial charge on any atom is 0.405 e. The lowest BCUT2D eigenvalue weighted by Crippen LogP contribution is -2.68. The lowest BCUT2D eigenvalue weighted by atomic mass is 9.74. The second kappa shape index (κ2) is 9.78. The lowest BCUT2D eigenvalue weighted by Gasteiger charge is -2.48. The van der Waals surface area contributed by atoms with Gasteiger partial charge in [0.1, 0.15) is 11.0 Å². The van der Waals surface area contributed by atoms with Crippen LogP contribution >= 0.6 is 0 Å². The van der Waals surface area contributed by atoms with Gasteiger partial charge in [-0.05, 0) is 47.6 Å². The van der Waals surface area contributed by atoms with Crippen LogP contribution in [0.15, 0.2) is 79.0 Å². The lowest BCUT2D eigenvalue weighted by molar-refractivity contribution is -0.146. The average Bonchev–Trinajstić information content (AvgIpc) is 3.70. The number of rotatable bonds is 7. The zero-order valence-corrected chi connectivity index (χ0v) is 24.6. The summed E-state index contributed by atoms with van der Waals surface area (Å²) in [6.07, 6.45) is 2.53. The van der Waals surface area contributed by atoms with Crippen molar-refractivity contribution in [3.8, 4) is 11.1 Å². The molecular weight excluding hydrogens is 582 g/mol. The summed E-state index contributed by atoms with van der Waals surface area (Å²) in [6.45, 7) is 0.529. The summed E-state index contributed by atoms with van der Waals surface area (Å²) in [4.78, 5) is 46.9. The molecule has 1 saturated heterocycles. The van der Waals surface area contributed by atoms with E-state index in [1.165, 1.54) is 0 Å². The number of sulfonamides is 1. The second-order valence-corrected chi connectivity index (χ2v) is 13.5. The molecule has 44 heavy (non-hydrogen) atoms. The quantitative estimate of drug-likeness (QED) is 0.289. The normalized spacial score (nSPS) is 17.7. The van der Waals surface area contributed by atoms with E-state index in [-0.39, 0.29) is 31.4 Å². The van der Waals surface area contributed by atoms with E-state index in [0.717, 1.165) is 39.4 Å². The van der Waals surface area contributed by atoms with Crippen LogP contribution in [0.25, 0.3) is 21.9 Å². The van der Waals surface area contributed by atoms with Gasteiger partial charge in [0, 0.05) is 41.6 Å². The highest BCUT2D eigenvalue weighted by molar-refractivity contribution is 7.92. The van der Waals surface area contributed by atoms with Crippen LogP contribution in [0.5, 0.6) is 0 Å². The van der Waals surface area contributed by atoms with Gasteiger partial charge in [-0.15, -0.1) is 0 Å². The van der Waals surface area contributed by atoms with Gasteiger partial charge in [0.2, 0.25) is 21.8 Å². The van der Waals surface area contributed by atoms with Gasteiger partial charge in [0.25, 0.3) is 0 Å². The number of amides is 3. The number of nitrogens with one attached hydrogen (secondary N) is 2. The van der Waals surface area contributed by atoms with Crippen molar-refractivity contribution in [3.05, 3.63) is 90.3 Å². The van der Waals surface area contributed by atoms with Crippen LogP contribution in [0.2, 0.25) is 0 Å². The molecular formula is C32H29N5O6S. The number of fused-ring (bicyclic) bond motifs is 3. The standard InChI is InChI=1S/C32H29N5O6S/c1-44(42,43)35-22-12-10-20(11-13-22)27-23-7-3-2-6-21(23)16-33-25(27)17-37-26-9-5-4-8-24(26)31(28(37)38)18-36(19-31)29(39)32(14-15-32)34-30(40)41/h2-13,16,34-35H,14-15,17-19H2,1H3,(H,40,41). The fraction of sp³-hybridized carbons (Fsp3) is 0.250. The van der Waals surface area contributed by atoms with Crippen molar-refractivity contribution in [1.82, 2.24) is 15.2 Å². The van der Waals surface area contributed by atoms with Crippen LogP contribution in [0.4, 0.5) is 16.2 Å². The van der Waals surface area contributed by atoms with E-state index >= 15 is 0 Å². The highest BCUT2D eigenvalue weighted by atomic mass is 32.2. The van der Waals surface area contributed by atoms with E-state index in [4.69, 9.17) is 4.98 Å². The van der Waals surface area contributed by atoms with Gasteiger partial charge < -0.3 is 20.2 Å². The van der Waals surface area contributed by atoms with Crippen molar-refractivity contribution in [3.63, 3.8) is 0 Å². The van der Waals surface area contributed by atoms with Crippen LogP contribution in [-0.4, -0.2) is 66.2 Å². The molecule has 224 valence electrons. The summed E-state index contributed by atoms with van der Waals surface area (Å²) in [5.74, 6) is -0.422. The maximum absolute atomic E-state index is 14.3. The van der Waals surface area contributed by atoms with E-state index in [1.54, 1.807) is 28.1 Å². The summed E-state index contributed by atoms with van der Waals surface area (Å²) < 4.78 is 26.0. The molecule has 1 saturated carbocycles. The molecule has 11 nitrogen and oxygen atoms in total. The highest BCUT2D eigenvalue weighted by Gasteiger charge is 2.63. The number of pyridine rings is 1.